The van der Waals surface area contributed by atoms with Crippen LogP contribution in [0.1, 0.15) is 30.5 Å². The Morgan fingerprint density at radius 2 is 1.72 bits per heavy atom. The van der Waals surface area contributed by atoms with E-state index in [4.69, 9.17) is 5.73 Å². The van der Waals surface area contributed by atoms with E-state index in [0.29, 0.717) is 0 Å². The molecular weight excluding hydrogens is 225 g/mol. The van der Waals surface area contributed by atoms with Gasteiger partial charge >= 0.3 is 0 Å². The largest absolute Gasteiger partial charge is 0.318 e. The van der Waals surface area contributed by atoms with Crippen LogP contribution in [0.5, 0.6) is 0 Å². The predicted octanol–water partition coefficient (Wildman–Crippen LogP) is 3.61. The van der Waals surface area contributed by atoms with Crippen LogP contribution in [0.25, 0.3) is 0 Å². The van der Waals surface area contributed by atoms with Gasteiger partial charge in [0.15, 0.2) is 0 Å². The monoisotopic (exact) mass is 243 g/mol. The summed E-state index contributed by atoms with van der Waals surface area (Å²) in [6.45, 7) is 4.02. The van der Waals surface area contributed by atoms with Crippen molar-refractivity contribution in [1.29, 1.82) is 0 Å². The van der Waals surface area contributed by atoms with Crippen molar-refractivity contribution >= 4 is 0 Å². The minimum atomic E-state index is -0.672. The van der Waals surface area contributed by atoms with E-state index in [9.17, 15) is 4.39 Å². The van der Waals surface area contributed by atoms with Gasteiger partial charge in [-0.25, -0.2) is 4.39 Å². The second-order valence-corrected chi connectivity index (χ2v) is 4.76. The van der Waals surface area contributed by atoms with Gasteiger partial charge in [0.2, 0.25) is 0 Å². The van der Waals surface area contributed by atoms with Crippen molar-refractivity contribution in [2.24, 2.45) is 5.73 Å². The molecule has 2 rings (SSSR count). The minimum absolute atomic E-state index is 0.255. The Kier molecular flexibility index (Phi) is 3.48. The maximum atomic E-state index is 13.3. The first-order valence-corrected chi connectivity index (χ1v) is 6.18. The molecule has 2 heteroatoms. The zero-order valence-electron chi connectivity index (χ0n) is 10.8. The molecule has 0 aliphatic carbocycles. The van der Waals surface area contributed by atoms with Crippen LogP contribution in [0.2, 0.25) is 0 Å². The summed E-state index contributed by atoms with van der Waals surface area (Å²) in [7, 11) is 0. The molecule has 0 saturated heterocycles. The number of benzene rings is 2. The lowest BCUT2D eigenvalue weighted by Crippen LogP contribution is -2.34. The zero-order valence-corrected chi connectivity index (χ0v) is 10.8. The van der Waals surface area contributed by atoms with Gasteiger partial charge in [0.25, 0.3) is 0 Å². The highest BCUT2D eigenvalue weighted by Crippen LogP contribution is 2.27. The summed E-state index contributed by atoms with van der Waals surface area (Å²) in [5, 5.41) is 0. The van der Waals surface area contributed by atoms with E-state index in [1.54, 1.807) is 6.07 Å². The van der Waals surface area contributed by atoms with Gasteiger partial charge in [-0.3, -0.25) is 0 Å². The lowest BCUT2D eigenvalue weighted by atomic mass is 9.85. The van der Waals surface area contributed by atoms with E-state index < -0.39 is 5.54 Å². The standard InChI is InChI=1S/C16H18FN/c1-3-12-7-9-13(10-8-12)16(2,18)14-5-4-6-15(17)11-14/h4-11H,3,18H2,1-2H3. The minimum Gasteiger partial charge on any atom is -0.318 e. The predicted molar refractivity (Wildman–Crippen MR) is 72.9 cm³/mol. The Labute approximate surface area is 107 Å². The molecule has 0 heterocycles. The molecule has 18 heavy (non-hydrogen) atoms. The molecule has 0 radical (unpaired) electrons. The van der Waals surface area contributed by atoms with Crippen molar-refractivity contribution in [3.8, 4) is 0 Å². The molecular formula is C16H18FN. The average Bonchev–Trinajstić information content (AvgIpc) is 2.39. The maximum absolute atomic E-state index is 13.3. The van der Waals surface area contributed by atoms with Crippen LogP contribution < -0.4 is 5.73 Å². The molecule has 2 aromatic rings. The molecule has 0 amide bonds. The summed E-state index contributed by atoms with van der Waals surface area (Å²) in [6, 6.07) is 14.6. The zero-order chi connectivity index (χ0) is 13.2. The van der Waals surface area contributed by atoms with E-state index >= 15 is 0 Å². The van der Waals surface area contributed by atoms with Gasteiger partial charge in [-0.1, -0.05) is 43.3 Å². The molecule has 0 bridgehead atoms. The molecule has 94 valence electrons. The van der Waals surface area contributed by atoms with E-state index in [1.165, 1.54) is 17.7 Å². The Morgan fingerprint density at radius 3 is 2.28 bits per heavy atom. The third-order valence-corrected chi connectivity index (χ3v) is 3.39. The van der Waals surface area contributed by atoms with Crippen molar-refractivity contribution in [2.45, 2.75) is 25.8 Å². The van der Waals surface area contributed by atoms with Gasteiger partial charge in [0.1, 0.15) is 5.82 Å². The molecule has 1 unspecified atom stereocenters. The van der Waals surface area contributed by atoms with Crippen molar-refractivity contribution in [1.82, 2.24) is 0 Å². The van der Waals surface area contributed by atoms with Crippen molar-refractivity contribution in [3.63, 3.8) is 0 Å². The van der Waals surface area contributed by atoms with Crippen LogP contribution in [0, 0.1) is 5.82 Å². The lowest BCUT2D eigenvalue weighted by molar-refractivity contribution is 0.581. The molecule has 1 atom stereocenters. The SMILES string of the molecule is CCc1ccc(C(C)(N)c2cccc(F)c2)cc1. The number of rotatable bonds is 3. The van der Waals surface area contributed by atoms with Crippen molar-refractivity contribution in [3.05, 3.63) is 71.0 Å². The van der Waals surface area contributed by atoms with Gasteiger partial charge in [0, 0.05) is 0 Å². The maximum Gasteiger partial charge on any atom is 0.123 e. The highest BCUT2D eigenvalue weighted by molar-refractivity contribution is 5.38. The van der Waals surface area contributed by atoms with Crippen LogP contribution in [-0.2, 0) is 12.0 Å². The number of hydrogen-bond acceptors (Lipinski definition) is 1. The topological polar surface area (TPSA) is 26.0 Å². The van der Waals surface area contributed by atoms with Gasteiger partial charge in [-0.2, -0.15) is 0 Å². The third kappa shape index (κ3) is 2.44. The van der Waals surface area contributed by atoms with E-state index in [1.807, 2.05) is 25.1 Å². The summed E-state index contributed by atoms with van der Waals surface area (Å²) >= 11 is 0. The summed E-state index contributed by atoms with van der Waals surface area (Å²) in [4.78, 5) is 0. The Morgan fingerprint density at radius 1 is 1.06 bits per heavy atom. The van der Waals surface area contributed by atoms with Gasteiger partial charge in [-0.15, -0.1) is 0 Å². The molecule has 0 aliphatic rings. The summed E-state index contributed by atoms with van der Waals surface area (Å²) in [6.07, 6.45) is 1.00. The number of hydrogen-bond donors (Lipinski definition) is 1. The second-order valence-electron chi connectivity index (χ2n) is 4.76. The van der Waals surface area contributed by atoms with E-state index in [-0.39, 0.29) is 5.82 Å². The number of aryl methyl sites for hydroxylation is 1. The Hall–Kier alpha value is -1.67. The molecule has 0 fully saturated rings. The molecule has 2 aromatic carbocycles. The van der Waals surface area contributed by atoms with Gasteiger partial charge < -0.3 is 5.73 Å². The number of halogens is 1. The normalized spacial score (nSPS) is 14.2. The Balaban J connectivity index is 2.40. The lowest BCUT2D eigenvalue weighted by Gasteiger charge is -2.26. The van der Waals surface area contributed by atoms with Crippen molar-refractivity contribution < 1.29 is 4.39 Å². The molecule has 0 aromatic heterocycles. The fourth-order valence-corrected chi connectivity index (χ4v) is 2.06. The highest BCUT2D eigenvalue weighted by atomic mass is 19.1. The third-order valence-electron chi connectivity index (χ3n) is 3.39. The van der Waals surface area contributed by atoms with Crippen LogP contribution in [-0.4, -0.2) is 0 Å². The van der Waals surface area contributed by atoms with Crippen LogP contribution >= 0.6 is 0 Å². The molecule has 0 spiro atoms. The van der Waals surface area contributed by atoms with Crippen LogP contribution in [0.3, 0.4) is 0 Å². The van der Waals surface area contributed by atoms with E-state index in [2.05, 4.69) is 19.1 Å². The number of nitrogens with two attached hydrogens (primary N) is 1. The summed E-state index contributed by atoms with van der Waals surface area (Å²) in [5.41, 5.74) is 8.73. The van der Waals surface area contributed by atoms with Gasteiger partial charge in [-0.05, 0) is 42.2 Å². The Bertz CT molecular complexity index is 529. The first-order chi connectivity index (χ1) is 8.54. The van der Waals surface area contributed by atoms with Crippen LogP contribution in [0.4, 0.5) is 4.39 Å². The van der Waals surface area contributed by atoms with Gasteiger partial charge in [0.05, 0.1) is 5.54 Å². The fraction of sp³-hybridized carbons (Fsp3) is 0.250. The molecule has 2 N–H and O–H groups in total. The molecule has 0 saturated carbocycles. The molecule has 0 aliphatic heterocycles. The summed E-state index contributed by atoms with van der Waals surface area (Å²) in [5.74, 6) is -0.255. The summed E-state index contributed by atoms with van der Waals surface area (Å²) < 4.78 is 13.3. The quantitative estimate of drug-likeness (QED) is 0.875. The molecule has 1 nitrogen and oxygen atoms in total. The average molecular weight is 243 g/mol. The fourth-order valence-electron chi connectivity index (χ4n) is 2.06. The van der Waals surface area contributed by atoms with Crippen molar-refractivity contribution in [2.75, 3.05) is 0 Å². The first-order valence-electron chi connectivity index (χ1n) is 6.18. The van der Waals surface area contributed by atoms with E-state index in [0.717, 1.165) is 17.5 Å². The highest BCUT2D eigenvalue weighted by Gasteiger charge is 2.23. The smallest absolute Gasteiger partial charge is 0.123 e. The second kappa shape index (κ2) is 4.91. The van der Waals surface area contributed by atoms with Crippen LogP contribution in [0.15, 0.2) is 48.5 Å². The first kappa shape index (κ1) is 12.8.